The van der Waals surface area contributed by atoms with Gasteiger partial charge in [-0.15, -0.1) is 0 Å². The minimum atomic E-state index is -0.214. The molecule has 0 saturated carbocycles. The molecule has 0 spiro atoms. The minimum absolute atomic E-state index is 0.214. The number of carbonyl (C=O) groups is 1. The first-order valence-electron chi connectivity index (χ1n) is 8.13. The second-order valence-electron chi connectivity index (χ2n) is 5.66. The van der Waals surface area contributed by atoms with Crippen LogP contribution in [0.2, 0.25) is 5.02 Å². The molecule has 0 aliphatic heterocycles. The van der Waals surface area contributed by atoms with E-state index in [2.05, 4.69) is 20.6 Å². The third kappa shape index (κ3) is 3.07. The average Bonchev–Trinajstić information content (AvgIpc) is 3.05. The Bertz CT molecular complexity index is 1090. The zero-order chi connectivity index (χ0) is 17.9. The summed E-state index contributed by atoms with van der Waals surface area (Å²) in [7, 11) is 0. The number of nitrogens with zero attached hydrogens (tertiary/aromatic N) is 2. The summed E-state index contributed by atoms with van der Waals surface area (Å²) in [6.07, 6.45) is 1.49. The van der Waals surface area contributed by atoms with E-state index < -0.39 is 0 Å². The summed E-state index contributed by atoms with van der Waals surface area (Å²) in [6.45, 7) is 0.898. The molecule has 0 unspecified atom stereocenters. The highest BCUT2D eigenvalue weighted by Crippen LogP contribution is 2.30. The standard InChI is InChI=1S/C19H15ClN4O2/c20-14-7-3-1-5-12(14)19(25)22-10-9-21-18-17-16(23-11-24-18)13-6-2-4-8-15(13)26-17/h1-8,11H,9-10H2,(H,22,25)(H,21,23,24). The number of hydrogen-bond donors (Lipinski definition) is 2. The fourth-order valence-electron chi connectivity index (χ4n) is 2.75. The topological polar surface area (TPSA) is 80.0 Å². The molecule has 26 heavy (non-hydrogen) atoms. The van der Waals surface area contributed by atoms with Crippen molar-refractivity contribution in [2.75, 3.05) is 18.4 Å². The Morgan fingerprint density at radius 1 is 1.04 bits per heavy atom. The van der Waals surface area contributed by atoms with Crippen LogP contribution in [-0.2, 0) is 0 Å². The summed E-state index contributed by atoms with van der Waals surface area (Å²) < 4.78 is 5.85. The first kappa shape index (κ1) is 16.4. The number of nitrogens with one attached hydrogen (secondary N) is 2. The van der Waals surface area contributed by atoms with E-state index in [1.165, 1.54) is 6.33 Å². The maximum Gasteiger partial charge on any atom is 0.252 e. The maximum absolute atomic E-state index is 12.1. The number of aromatic nitrogens is 2. The van der Waals surface area contributed by atoms with Gasteiger partial charge in [0, 0.05) is 18.5 Å². The van der Waals surface area contributed by atoms with Crippen molar-refractivity contribution < 1.29 is 9.21 Å². The normalized spacial score (nSPS) is 11.0. The van der Waals surface area contributed by atoms with Gasteiger partial charge in [0.25, 0.3) is 5.91 Å². The lowest BCUT2D eigenvalue weighted by molar-refractivity contribution is 0.0955. The van der Waals surface area contributed by atoms with Crippen LogP contribution in [-0.4, -0.2) is 29.0 Å². The molecular weight excluding hydrogens is 352 g/mol. The summed E-state index contributed by atoms with van der Waals surface area (Å²) in [4.78, 5) is 20.7. The van der Waals surface area contributed by atoms with E-state index in [1.54, 1.807) is 24.3 Å². The Morgan fingerprint density at radius 2 is 1.85 bits per heavy atom. The fourth-order valence-corrected chi connectivity index (χ4v) is 2.97. The number of rotatable bonds is 5. The predicted octanol–water partition coefficient (Wildman–Crippen LogP) is 3.87. The van der Waals surface area contributed by atoms with Gasteiger partial charge in [-0.2, -0.15) is 0 Å². The van der Waals surface area contributed by atoms with Gasteiger partial charge in [0.2, 0.25) is 0 Å². The average molecular weight is 367 g/mol. The Morgan fingerprint density at radius 3 is 2.73 bits per heavy atom. The van der Waals surface area contributed by atoms with Crippen LogP contribution in [0.4, 0.5) is 5.82 Å². The monoisotopic (exact) mass is 366 g/mol. The van der Waals surface area contributed by atoms with E-state index in [0.29, 0.717) is 35.1 Å². The molecule has 1 amide bonds. The van der Waals surface area contributed by atoms with E-state index in [4.69, 9.17) is 16.0 Å². The van der Waals surface area contributed by atoms with Crippen molar-refractivity contribution in [2.24, 2.45) is 0 Å². The molecule has 2 aromatic carbocycles. The largest absolute Gasteiger partial charge is 0.450 e. The Hall–Kier alpha value is -3.12. The van der Waals surface area contributed by atoms with E-state index in [-0.39, 0.29) is 5.91 Å². The van der Waals surface area contributed by atoms with Gasteiger partial charge in [0.1, 0.15) is 17.4 Å². The maximum atomic E-state index is 12.1. The molecular formula is C19H15ClN4O2. The Labute approximate surface area is 154 Å². The molecule has 0 aliphatic carbocycles. The number of halogens is 1. The van der Waals surface area contributed by atoms with Crippen LogP contribution >= 0.6 is 11.6 Å². The molecule has 2 heterocycles. The second-order valence-corrected chi connectivity index (χ2v) is 6.07. The van der Waals surface area contributed by atoms with Crippen molar-refractivity contribution in [3.8, 4) is 0 Å². The van der Waals surface area contributed by atoms with Crippen molar-refractivity contribution >= 4 is 45.4 Å². The number of para-hydroxylation sites is 1. The van der Waals surface area contributed by atoms with Gasteiger partial charge in [0.05, 0.1) is 10.6 Å². The van der Waals surface area contributed by atoms with Crippen molar-refractivity contribution in [3.63, 3.8) is 0 Å². The molecule has 0 saturated heterocycles. The van der Waals surface area contributed by atoms with Gasteiger partial charge < -0.3 is 15.1 Å². The van der Waals surface area contributed by atoms with Crippen molar-refractivity contribution in [1.82, 2.24) is 15.3 Å². The number of fused-ring (bicyclic) bond motifs is 3. The summed E-state index contributed by atoms with van der Waals surface area (Å²) >= 11 is 6.03. The molecule has 4 rings (SSSR count). The number of carbonyl (C=O) groups excluding carboxylic acids is 1. The number of benzene rings is 2. The predicted molar refractivity (Wildman–Crippen MR) is 102 cm³/mol. The summed E-state index contributed by atoms with van der Waals surface area (Å²) in [5.74, 6) is 0.382. The highest BCUT2D eigenvalue weighted by atomic mass is 35.5. The van der Waals surface area contributed by atoms with Crippen LogP contribution in [0.5, 0.6) is 0 Å². The summed E-state index contributed by atoms with van der Waals surface area (Å²) in [6, 6.07) is 14.6. The molecule has 2 N–H and O–H groups in total. The first-order chi connectivity index (χ1) is 12.7. The smallest absolute Gasteiger partial charge is 0.252 e. The lowest BCUT2D eigenvalue weighted by Gasteiger charge is -2.08. The third-order valence-electron chi connectivity index (χ3n) is 3.98. The summed E-state index contributed by atoms with van der Waals surface area (Å²) in [5, 5.41) is 7.38. The van der Waals surface area contributed by atoms with Crippen LogP contribution in [0, 0.1) is 0 Å². The van der Waals surface area contributed by atoms with Gasteiger partial charge in [-0.05, 0) is 24.3 Å². The van der Waals surface area contributed by atoms with Gasteiger partial charge >= 0.3 is 0 Å². The molecule has 0 bridgehead atoms. The Kier molecular flexibility index (Phi) is 4.41. The third-order valence-corrected chi connectivity index (χ3v) is 4.31. The molecule has 0 aliphatic rings. The number of amides is 1. The molecule has 6 nitrogen and oxygen atoms in total. The molecule has 7 heteroatoms. The fraction of sp³-hybridized carbons (Fsp3) is 0.105. The van der Waals surface area contributed by atoms with Gasteiger partial charge in [-0.25, -0.2) is 9.97 Å². The zero-order valence-electron chi connectivity index (χ0n) is 13.7. The van der Waals surface area contributed by atoms with Crippen molar-refractivity contribution in [2.45, 2.75) is 0 Å². The SMILES string of the molecule is O=C(NCCNc1ncnc2c1oc1ccccc12)c1ccccc1Cl. The van der Waals surface area contributed by atoms with E-state index >= 15 is 0 Å². The van der Waals surface area contributed by atoms with Crippen molar-refractivity contribution in [3.05, 3.63) is 65.4 Å². The molecule has 2 aromatic heterocycles. The van der Waals surface area contributed by atoms with E-state index in [1.807, 2.05) is 24.3 Å². The van der Waals surface area contributed by atoms with Crippen molar-refractivity contribution in [1.29, 1.82) is 0 Å². The lowest BCUT2D eigenvalue weighted by atomic mass is 10.2. The Balaban J connectivity index is 1.44. The van der Waals surface area contributed by atoms with Crippen LogP contribution in [0.1, 0.15) is 10.4 Å². The molecule has 0 fully saturated rings. The second kappa shape index (κ2) is 7.01. The highest BCUT2D eigenvalue weighted by molar-refractivity contribution is 6.33. The van der Waals surface area contributed by atoms with Gasteiger partial charge in [-0.3, -0.25) is 4.79 Å². The number of hydrogen-bond acceptors (Lipinski definition) is 5. The quantitative estimate of drug-likeness (QED) is 0.524. The highest BCUT2D eigenvalue weighted by Gasteiger charge is 2.13. The zero-order valence-corrected chi connectivity index (χ0v) is 14.5. The first-order valence-corrected chi connectivity index (χ1v) is 8.50. The number of furan rings is 1. The molecule has 0 atom stereocenters. The van der Waals surface area contributed by atoms with E-state index in [9.17, 15) is 4.79 Å². The molecule has 4 aromatic rings. The van der Waals surface area contributed by atoms with Gasteiger partial charge in [0.15, 0.2) is 11.4 Å². The van der Waals surface area contributed by atoms with Crippen LogP contribution in [0.25, 0.3) is 22.1 Å². The van der Waals surface area contributed by atoms with Crippen LogP contribution in [0.15, 0.2) is 59.3 Å². The number of anilines is 1. The van der Waals surface area contributed by atoms with Crippen LogP contribution in [0.3, 0.4) is 0 Å². The molecule has 130 valence electrons. The minimum Gasteiger partial charge on any atom is -0.450 e. The van der Waals surface area contributed by atoms with Crippen LogP contribution < -0.4 is 10.6 Å². The molecule has 0 radical (unpaired) electrons. The van der Waals surface area contributed by atoms with E-state index in [0.717, 1.165) is 16.5 Å². The van der Waals surface area contributed by atoms with Gasteiger partial charge in [-0.1, -0.05) is 35.9 Å². The lowest BCUT2D eigenvalue weighted by Crippen LogP contribution is -2.29. The summed E-state index contributed by atoms with van der Waals surface area (Å²) in [5.41, 5.74) is 2.58.